The first-order valence-corrected chi connectivity index (χ1v) is 7.33. The van der Waals surface area contributed by atoms with E-state index in [0.717, 1.165) is 27.1 Å². The van der Waals surface area contributed by atoms with Crippen molar-refractivity contribution >= 4 is 27.6 Å². The number of hydrogen-bond acceptors (Lipinski definition) is 3. The van der Waals surface area contributed by atoms with Crippen molar-refractivity contribution in [1.82, 2.24) is 0 Å². The van der Waals surface area contributed by atoms with E-state index in [0.29, 0.717) is 11.1 Å². The molecule has 2 atom stereocenters. The van der Waals surface area contributed by atoms with Gasteiger partial charge in [-0.05, 0) is 44.3 Å². The van der Waals surface area contributed by atoms with Crippen molar-refractivity contribution in [3.8, 4) is 0 Å². The van der Waals surface area contributed by atoms with Crippen LogP contribution in [0.25, 0.3) is 27.6 Å². The Morgan fingerprint density at radius 1 is 0.909 bits per heavy atom. The van der Waals surface area contributed by atoms with Crippen molar-refractivity contribution in [3.05, 3.63) is 65.2 Å². The molecule has 3 nitrogen and oxygen atoms in total. The highest BCUT2D eigenvalue weighted by atomic mass is 16.3. The predicted molar refractivity (Wildman–Crippen MR) is 87.4 cm³/mol. The van der Waals surface area contributed by atoms with E-state index >= 15 is 0 Å². The molecule has 0 unspecified atom stereocenters. The minimum atomic E-state index is -1.00. The summed E-state index contributed by atoms with van der Waals surface area (Å²) in [5, 5.41) is 34.2. The molecular formula is C19H16O3. The highest BCUT2D eigenvalue weighted by Gasteiger charge is 2.26. The van der Waals surface area contributed by atoms with Gasteiger partial charge in [-0.1, -0.05) is 48.6 Å². The number of rotatable bonds is 1. The van der Waals surface area contributed by atoms with Crippen molar-refractivity contribution < 1.29 is 15.3 Å². The SMILES string of the molecule is OCc1c2c(cc3c1ccc1ccccc13)C=C[C@@H](O)[C@@H]2O. The van der Waals surface area contributed by atoms with Gasteiger partial charge in [-0.3, -0.25) is 0 Å². The van der Waals surface area contributed by atoms with Crippen molar-refractivity contribution in [1.29, 1.82) is 0 Å². The van der Waals surface area contributed by atoms with Gasteiger partial charge in [-0.25, -0.2) is 0 Å². The number of fused-ring (bicyclic) bond motifs is 4. The van der Waals surface area contributed by atoms with Crippen LogP contribution in [0, 0.1) is 0 Å². The Morgan fingerprint density at radius 2 is 1.73 bits per heavy atom. The van der Waals surface area contributed by atoms with Gasteiger partial charge in [0.25, 0.3) is 0 Å². The van der Waals surface area contributed by atoms with E-state index in [9.17, 15) is 15.3 Å². The molecule has 0 radical (unpaired) electrons. The van der Waals surface area contributed by atoms with Crippen LogP contribution in [0.2, 0.25) is 0 Å². The van der Waals surface area contributed by atoms with Crippen LogP contribution in [0.5, 0.6) is 0 Å². The van der Waals surface area contributed by atoms with Crippen LogP contribution in [-0.2, 0) is 6.61 Å². The zero-order chi connectivity index (χ0) is 15.3. The van der Waals surface area contributed by atoms with E-state index in [2.05, 4.69) is 12.1 Å². The molecule has 0 amide bonds. The van der Waals surface area contributed by atoms with Gasteiger partial charge in [-0.15, -0.1) is 0 Å². The lowest BCUT2D eigenvalue weighted by molar-refractivity contribution is 0.0457. The molecule has 0 fully saturated rings. The highest BCUT2D eigenvalue weighted by molar-refractivity contribution is 6.09. The highest BCUT2D eigenvalue weighted by Crippen LogP contribution is 2.38. The van der Waals surface area contributed by atoms with Crippen LogP contribution in [0.1, 0.15) is 22.8 Å². The lowest BCUT2D eigenvalue weighted by atomic mass is 9.84. The Hall–Kier alpha value is -2.20. The maximum Gasteiger partial charge on any atom is 0.109 e. The molecule has 3 heteroatoms. The van der Waals surface area contributed by atoms with Crippen LogP contribution >= 0.6 is 0 Å². The lowest BCUT2D eigenvalue weighted by Crippen LogP contribution is -2.21. The maximum atomic E-state index is 10.3. The largest absolute Gasteiger partial charge is 0.392 e. The predicted octanol–water partition coefficient (Wildman–Crippen LogP) is 2.91. The summed E-state index contributed by atoms with van der Waals surface area (Å²) in [6.45, 7) is -0.171. The molecule has 110 valence electrons. The fourth-order valence-electron chi connectivity index (χ4n) is 3.40. The fourth-order valence-corrected chi connectivity index (χ4v) is 3.40. The molecule has 0 heterocycles. The van der Waals surface area contributed by atoms with Gasteiger partial charge >= 0.3 is 0 Å². The maximum absolute atomic E-state index is 10.3. The van der Waals surface area contributed by atoms with E-state index in [1.165, 1.54) is 0 Å². The molecule has 3 N–H and O–H groups in total. The second kappa shape index (κ2) is 4.92. The topological polar surface area (TPSA) is 60.7 Å². The standard InChI is InChI=1S/C19H16O3/c20-10-16-14-7-5-11-3-1-2-4-13(11)15(14)9-12-6-8-17(21)19(22)18(12)16/h1-9,17,19-22H,10H2/t17-,19+/m1/s1. The molecule has 0 spiro atoms. The second-order valence-corrected chi connectivity index (χ2v) is 5.69. The van der Waals surface area contributed by atoms with Gasteiger partial charge in [0.2, 0.25) is 0 Å². The van der Waals surface area contributed by atoms with Crippen LogP contribution in [0.3, 0.4) is 0 Å². The smallest absolute Gasteiger partial charge is 0.109 e. The average molecular weight is 292 g/mol. The van der Waals surface area contributed by atoms with E-state index in [1.54, 1.807) is 6.08 Å². The first-order chi connectivity index (χ1) is 10.7. The van der Waals surface area contributed by atoms with Crippen molar-refractivity contribution in [2.75, 3.05) is 0 Å². The summed E-state index contributed by atoms with van der Waals surface area (Å²) in [7, 11) is 0. The van der Waals surface area contributed by atoms with Crippen molar-refractivity contribution in [3.63, 3.8) is 0 Å². The molecule has 3 aromatic carbocycles. The molecule has 0 bridgehead atoms. The first-order valence-electron chi connectivity index (χ1n) is 7.33. The number of benzene rings is 3. The third-order valence-electron chi connectivity index (χ3n) is 4.48. The lowest BCUT2D eigenvalue weighted by Gasteiger charge is -2.26. The summed E-state index contributed by atoms with van der Waals surface area (Å²) in [5.74, 6) is 0. The summed E-state index contributed by atoms with van der Waals surface area (Å²) < 4.78 is 0. The zero-order valence-electron chi connectivity index (χ0n) is 11.9. The summed E-state index contributed by atoms with van der Waals surface area (Å²) in [6, 6.07) is 14.1. The molecule has 1 aliphatic carbocycles. The first kappa shape index (κ1) is 13.5. The number of hydrogen-bond donors (Lipinski definition) is 3. The van der Waals surface area contributed by atoms with Gasteiger partial charge < -0.3 is 15.3 Å². The average Bonchev–Trinajstić information content (AvgIpc) is 2.56. The van der Waals surface area contributed by atoms with Crippen molar-refractivity contribution in [2.24, 2.45) is 0 Å². The summed E-state index contributed by atoms with van der Waals surface area (Å²) in [5.41, 5.74) is 2.17. The molecule has 3 aromatic rings. The summed E-state index contributed by atoms with van der Waals surface area (Å²) >= 11 is 0. The van der Waals surface area contributed by atoms with Gasteiger partial charge in [0.05, 0.1) is 6.61 Å². The van der Waals surface area contributed by atoms with Gasteiger partial charge in [0.1, 0.15) is 12.2 Å². The molecule has 22 heavy (non-hydrogen) atoms. The molecule has 1 aliphatic rings. The Balaban J connectivity index is 2.17. The van der Waals surface area contributed by atoms with Crippen LogP contribution in [-0.4, -0.2) is 21.4 Å². The third-order valence-corrected chi connectivity index (χ3v) is 4.48. The van der Waals surface area contributed by atoms with Crippen LogP contribution in [0.4, 0.5) is 0 Å². The van der Waals surface area contributed by atoms with E-state index in [-0.39, 0.29) is 6.61 Å². The Labute approximate surface area is 127 Å². The molecular weight excluding hydrogens is 276 g/mol. The molecule has 0 saturated heterocycles. The normalized spacial score (nSPS) is 20.5. The Kier molecular flexibility index (Phi) is 3.01. The zero-order valence-corrected chi connectivity index (χ0v) is 11.9. The van der Waals surface area contributed by atoms with Gasteiger partial charge in [0.15, 0.2) is 0 Å². The molecule has 0 saturated carbocycles. The van der Waals surface area contributed by atoms with E-state index in [4.69, 9.17) is 0 Å². The third kappa shape index (κ3) is 1.80. The fraction of sp³-hybridized carbons (Fsp3) is 0.158. The van der Waals surface area contributed by atoms with Crippen LogP contribution < -0.4 is 0 Å². The molecule has 4 rings (SSSR count). The monoisotopic (exact) mass is 292 g/mol. The number of aliphatic hydroxyl groups excluding tert-OH is 3. The Bertz CT molecular complexity index is 911. The molecule has 0 aliphatic heterocycles. The van der Waals surface area contributed by atoms with Gasteiger partial charge in [0, 0.05) is 0 Å². The van der Waals surface area contributed by atoms with Crippen LogP contribution in [0.15, 0.2) is 48.5 Å². The minimum Gasteiger partial charge on any atom is -0.392 e. The summed E-state index contributed by atoms with van der Waals surface area (Å²) in [6.07, 6.45) is 1.46. The minimum absolute atomic E-state index is 0.171. The number of aliphatic hydroxyl groups is 3. The van der Waals surface area contributed by atoms with E-state index < -0.39 is 12.2 Å². The Morgan fingerprint density at radius 3 is 2.55 bits per heavy atom. The quantitative estimate of drug-likeness (QED) is 0.604. The van der Waals surface area contributed by atoms with Crippen molar-refractivity contribution in [2.45, 2.75) is 18.8 Å². The summed E-state index contributed by atoms with van der Waals surface area (Å²) in [4.78, 5) is 0. The second-order valence-electron chi connectivity index (χ2n) is 5.69. The van der Waals surface area contributed by atoms with Gasteiger partial charge in [-0.2, -0.15) is 0 Å². The van der Waals surface area contributed by atoms with E-state index in [1.807, 2.05) is 36.4 Å². The molecule has 0 aromatic heterocycles.